The van der Waals surface area contributed by atoms with Gasteiger partial charge in [-0.3, -0.25) is 0 Å². The molecule has 0 aromatic heterocycles. The molecule has 0 saturated carbocycles. The highest BCUT2D eigenvalue weighted by Gasteiger charge is 2.30. The highest BCUT2D eigenvalue weighted by atomic mass is 79.9. The van der Waals surface area contributed by atoms with Crippen molar-refractivity contribution >= 4 is 15.9 Å². The van der Waals surface area contributed by atoms with Gasteiger partial charge < -0.3 is 4.74 Å². The summed E-state index contributed by atoms with van der Waals surface area (Å²) in [5.74, 6) is -0.179. The zero-order valence-electron chi connectivity index (χ0n) is 8.23. The van der Waals surface area contributed by atoms with Crippen molar-refractivity contribution in [2.75, 3.05) is 6.61 Å². The normalized spacial score (nSPS) is 19.1. The van der Waals surface area contributed by atoms with E-state index in [2.05, 4.69) is 29.8 Å². The molecular formula is C11H12BrFO. The second-order valence-electron chi connectivity index (χ2n) is 4.29. The summed E-state index contributed by atoms with van der Waals surface area (Å²) in [5, 5.41) is 0. The number of hydrogen-bond acceptors (Lipinski definition) is 1. The molecule has 2 rings (SSSR count). The van der Waals surface area contributed by atoms with Crippen LogP contribution in [0.2, 0.25) is 0 Å². The molecule has 1 heterocycles. The van der Waals surface area contributed by atoms with Crippen LogP contribution in [0.25, 0.3) is 0 Å². The SMILES string of the molecule is CC1(C)COCc2c(F)cc(Br)cc21. The van der Waals surface area contributed by atoms with E-state index < -0.39 is 0 Å². The molecule has 0 atom stereocenters. The Balaban J connectivity index is 2.63. The van der Waals surface area contributed by atoms with Crippen LogP contribution in [0.5, 0.6) is 0 Å². The Kier molecular flexibility index (Phi) is 2.40. The Bertz CT molecular complexity index is 374. The van der Waals surface area contributed by atoms with Crippen molar-refractivity contribution in [1.29, 1.82) is 0 Å². The Morgan fingerprint density at radius 3 is 2.86 bits per heavy atom. The second-order valence-corrected chi connectivity index (χ2v) is 5.21. The van der Waals surface area contributed by atoms with Gasteiger partial charge >= 0.3 is 0 Å². The molecule has 14 heavy (non-hydrogen) atoms. The Labute approximate surface area is 91.4 Å². The summed E-state index contributed by atoms with van der Waals surface area (Å²) < 4.78 is 19.7. The molecule has 0 fully saturated rings. The quantitative estimate of drug-likeness (QED) is 0.693. The minimum absolute atomic E-state index is 0.0990. The average molecular weight is 259 g/mol. The summed E-state index contributed by atoms with van der Waals surface area (Å²) in [5.41, 5.74) is 1.65. The van der Waals surface area contributed by atoms with Crippen molar-refractivity contribution in [2.24, 2.45) is 0 Å². The molecule has 0 aliphatic carbocycles. The van der Waals surface area contributed by atoms with E-state index in [1.54, 1.807) is 0 Å². The fourth-order valence-electron chi connectivity index (χ4n) is 1.84. The minimum Gasteiger partial charge on any atom is -0.376 e. The first-order valence-corrected chi connectivity index (χ1v) is 5.36. The van der Waals surface area contributed by atoms with E-state index in [0.29, 0.717) is 18.8 Å². The Morgan fingerprint density at radius 2 is 2.14 bits per heavy atom. The molecule has 0 bridgehead atoms. The zero-order valence-corrected chi connectivity index (χ0v) is 9.82. The van der Waals surface area contributed by atoms with Gasteiger partial charge in [0, 0.05) is 15.5 Å². The van der Waals surface area contributed by atoms with Crippen molar-refractivity contribution in [3.05, 3.63) is 33.5 Å². The third-order valence-electron chi connectivity index (χ3n) is 2.60. The minimum atomic E-state index is -0.179. The van der Waals surface area contributed by atoms with Crippen LogP contribution in [0.4, 0.5) is 4.39 Å². The van der Waals surface area contributed by atoms with Crippen LogP contribution in [-0.2, 0) is 16.8 Å². The fourth-order valence-corrected chi connectivity index (χ4v) is 2.27. The Hall–Kier alpha value is -0.410. The van der Waals surface area contributed by atoms with Gasteiger partial charge in [0.2, 0.25) is 0 Å². The van der Waals surface area contributed by atoms with Crippen molar-refractivity contribution < 1.29 is 9.13 Å². The fraction of sp³-hybridized carbons (Fsp3) is 0.455. The summed E-state index contributed by atoms with van der Waals surface area (Å²) in [7, 11) is 0. The van der Waals surface area contributed by atoms with Crippen LogP contribution in [0.3, 0.4) is 0 Å². The number of benzene rings is 1. The first-order chi connectivity index (χ1) is 6.50. The smallest absolute Gasteiger partial charge is 0.130 e. The molecule has 0 unspecified atom stereocenters. The van der Waals surface area contributed by atoms with E-state index >= 15 is 0 Å². The predicted molar refractivity (Wildman–Crippen MR) is 56.8 cm³/mol. The van der Waals surface area contributed by atoms with E-state index in [-0.39, 0.29) is 11.2 Å². The number of fused-ring (bicyclic) bond motifs is 1. The lowest BCUT2D eigenvalue weighted by Crippen LogP contribution is -2.31. The molecule has 1 aliphatic rings. The first-order valence-electron chi connectivity index (χ1n) is 4.57. The van der Waals surface area contributed by atoms with E-state index in [1.807, 2.05) is 6.07 Å². The van der Waals surface area contributed by atoms with Gasteiger partial charge in [-0.05, 0) is 17.7 Å². The number of halogens is 2. The second kappa shape index (κ2) is 3.31. The van der Waals surface area contributed by atoms with E-state index in [0.717, 1.165) is 10.0 Å². The largest absolute Gasteiger partial charge is 0.376 e. The molecule has 1 nitrogen and oxygen atoms in total. The standard InChI is InChI=1S/C11H12BrFO/c1-11(2)6-14-5-8-9(11)3-7(12)4-10(8)13/h3-4H,5-6H2,1-2H3. The molecule has 1 aromatic rings. The third-order valence-corrected chi connectivity index (χ3v) is 3.06. The van der Waals surface area contributed by atoms with Crippen molar-refractivity contribution in [3.63, 3.8) is 0 Å². The molecule has 0 radical (unpaired) electrons. The zero-order chi connectivity index (χ0) is 10.3. The van der Waals surface area contributed by atoms with Gasteiger partial charge in [0.05, 0.1) is 13.2 Å². The predicted octanol–water partition coefficient (Wildman–Crippen LogP) is 3.40. The molecule has 1 aliphatic heterocycles. The van der Waals surface area contributed by atoms with Gasteiger partial charge in [0.25, 0.3) is 0 Å². The molecular weight excluding hydrogens is 247 g/mol. The summed E-state index contributed by atoms with van der Waals surface area (Å²) in [6, 6.07) is 3.48. The summed E-state index contributed by atoms with van der Waals surface area (Å²) in [6.07, 6.45) is 0. The van der Waals surface area contributed by atoms with Crippen LogP contribution >= 0.6 is 15.9 Å². The number of rotatable bonds is 0. The van der Waals surface area contributed by atoms with E-state index in [4.69, 9.17) is 4.74 Å². The maximum atomic E-state index is 13.6. The molecule has 1 aromatic carbocycles. The van der Waals surface area contributed by atoms with E-state index in [9.17, 15) is 4.39 Å². The van der Waals surface area contributed by atoms with Gasteiger partial charge in [-0.15, -0.1) is 0 Å². The summed E-state index contributed by atoms with van der Waals surface area (Å²) in [6.45, 7) is 5.17. The topological polar surface area (TPSA) is 9.23 Å². The monoisotopic (exact) mass is 258 g/mol. The van der Waals surface area contributed by atoms with Gasteiger partial charge in [-0.25, -0.2) is 4.39 Å². The summed E-state index contributed by atoms with van der Waals surface area (Å²) >= 11 is 3.31. The van der Waals surface area contributed by atoms with Crippen LogP contribution in [-0.4, -0.2) is 6.61 Å². The summed E-state index contributed by atoms with van der Waals surface area (Å²) in [4.78, 5) is 0. The highest BCUT2D eigenvalue weighted by molar-refractivity contribution is 9.10. The third kappa shape index (κ3) is 1.59. The average Bonchev–Trinajstić information content (AvgIpc) is 2.06. The van der Waals surface area contributed by atoms with Crippen LogP contribution < -0.4 is 0 Å². The van der Waals surface area contributed by atoms with Gasteiger partial charge in [0.15, 0.2) is 0 Å². The van der Waals surface area contributed by atoms with Crippen LogP contribution in [0.1, 0.15) is 25.0 Å². The molecule has 0 N–H and O–H groups in total. The maximum Gasteiger partial charge on any atom is 0.130 e. The lowest BCUT2D eigenvalue weighted by Gasteiger charge is -2.32. The number of hydrogen-bond donors (Lipinski definition) is 0. The van der Waals surface area contributed by atoms with Gasteiger partial charge in [-0.1, -0.05) is 29.8 Å². The van der Waals surface area contributed by atoms with Gasteiger partial charge in [-0.2, -0.15) is 0 Å². The number of ether oxygens (including phenoxy) is 1. The van der Waals surface area contributed by atoms with E-state index in [1.165, 1.54) is 6.07 Å². The lowest BCUT2D eigenvalue weighted by molar-refractivity contribution is 0.0616. The van der Waals surface area contributed by atoms with Crippen LogP contribution in [0.15, 0.2) is 16.6 Å². The molecule has 0 amide bonds. The van der Waals surface area contributed by atoms with Crippen molar-refractivity contribution in [1.82, 2.24) is 0 Å². The Morgan fingerprint density at radius 1 is 1.43 bits per heavy atom. The van der Waals surface area contributed by atoms with Crippen molar-refractivity contribution in [3.8, 4) is 0 Å². The van der Waals surface area contributed by atoms with Gasteiger partial charge in [0.1, 0.15) is 5.82 Å². The maximum absolute atomic E-state index is 13.6. The molecule has 3 heteroatoms. The molecule has 0 saturated heterocycles. The highest BCUT2D eigenvalue weighted by Crippen LogP contribution is 2.35. The van der Waals surface area contributed by atoms with Crippen LogP contribution in [0, 0.1) is 5.82 Å². The molecule has 76 valence electrons. The lowest BCUT2D eigenvalue weighted by atomic mass is 9.81. The first kappa shape index (κ1) is 10.1. The molecule has 0 spiro atoms. The van der Waals surface area contributed by atoms with Crippen molar-refractivity contribution in [2.45, 2.75) is 25.9 Å².